The molecule has 2 aromatic carbocycles. The van der Waals surface area contributed by atoms with Crippen molar-refractivity contribution in [2.24, 2.45) is 0 Å². The van der Waals surface area contributed by atoms with Crippen LogP contribution < -0.4 is 20.3 Å². The van der Waals surface area contributed by atoms with E-state index in [0.717, 1.165) is 17.0 Å². The van der Waals surface area contributed by atoms with Crippen molar-refractivity contribution in [1.29, 1.82) is 0 Å². The lowest BCUT2D eigenvalue weighted by atomic mass is 10.2. The van der Waals surface area contributed by atoms with Crippen molar-refractivity contribution in [1.82, 2.24) is 5.32 Å². The molecule has 0 spiro atoms. The van der Waals surface area contributed by atoms with Crippen LogP contribution in [-0.4, -0.2) is 51.6 Å². The second-order valence-electron chi connectivity index (χ2n) is 6.26. The third-order valence-electron chi connectivity index (χ3n) is 3.87. The first-order valence-corrected chi connectivity index (χ1v) is 8.69. The SMILES string of the molecule is COc1ccc(COCC(O)CNC(=O)Nc2ccccc2N(C)C)cc1. The minimum atomic E-state index is -0.793. The fourth-order valence-electron chi connectivity index (χ4n) is 2.44. The van der Waals surface area contributed by atoms with Gasteiger partial charge >= 0.3 is 6.03 Å². The minimum absolute atomic E-state index is 0.0958. The van der Waals surface area contributed by atoms with Gasteiger partial charge in [0.2, 0.25) is 0 Å². The lowest BCUT2D eigenvalue weighted by molar-refractivity contribution is 0.0302. The Balaban J connectivity index is 1.70. The van der Waals surface area contributed by atoms with Gasteiger partial charge in [0, 0.05) is 20.6 Å². The maximum atomic E-state index is 12.0. The molecule has 146 valence electrons. The zero-order valence-electron chi connectivity index (χ0n) is 15.9. The van der Waals surface area contributed by atoms with E-state index in [1.807, 2.05) is 67.5 Å². The van der Waals surface area contributed by atoms with Gasteiger partial charge in [-0.25, -0.2) is 4.79 Å². The van der Waals surface area contributed by atoms with Gasteiger partial charge in [-0.1, -0.05) is 24.3 Å². The Morgan fingerprint density at radius 3 is 2.52 bits per heavy atom. The third-order valence-corrected chi connectivity index (χ3v) is 3.87. The average Bonchev–Trinajstić information content (AvgIpc) is 2.67. The van der Waals surface area contributed by atoms with Crippen molar-refractivity contribution in [2.45, 2.75) is 12.7 Å². The normalized spacial score (nSPS) is 11.6. The van der Waals surface area contributed by atoms with Crippen LogP contribution in [0.15, 0.2) is 48.5 Å². The van der Waals surface area contributed by atoms with Crippen molar-refractivity contribution in [3.63, 3.8) is 0 Å². The molecule has 7 nitrogen and oxygen atoms in total. The number of para-hydroxylation sites is 2. The number of aliphatic hydroxyl groups is 1. The first-order valence-electron chi connectivity index (χ1n) is 8.69. The molecule has 0 bridgehead atoms. The number of ether oxygens (including phenoxy) is 2. The molecular formula is C20H27N3O4. The molecule has 7 heteroatoms. The summed E-state index contributed by atoms with van der Waals surface area (Å²) in [4.78, 5) is 14.0. The van der Waals surface area contributed by atoms with Crippen LogP contribution in [0.4, 0.5) is 16.2 Å². The molecule has 0 aromatic heterocycles. The molecule has 0 aliphatic carbocycles. The van der Waals surface area contributed by atoms with Crippen molar-refractivity contribution in [2.75, 3.05) is 44.6 Å². The number of benzene rings is 2. The van der Waals surface area contributed by atoms with Crippen molar-refractivity contribution in [3.8, 4) is 5.75 Å². The number of carbonyl (C=O) groups is 1. The fraction of sp³-hybridized carbons (Fsp3) is 0.350. The zero-order valence-corrected chi connectivity index (χ0v) is 15.9. The molecule has 0 heterocycles. The number of rotatable bonds is 9. The summed E-state index contributed by atoms with van der Waals surface area (Å²) in [6, 6.07) is 14.6. The third kappa shape index (κ3) is 6.80. The lowest BCUT2D eigenvalue weighted by Crippen LogP contribution is -2.37. The molecule has 0 radical (unpaired) electrons. The summed E-state index contributed by atoms with van der Waals surface area (Å²) in [5.41, 5.74) is 2.58. The lowest BCUT2D eigenvalue weighted by Gasteiger charge is -2.18. The monoisotopic (exact) mass is 373 g/mol. The highest BCUT2D eigenvalue weighted by Gasteiger charge is 2.10. The van der Waals surface area contributed by atoms with E-state index < -0.39 is 6.10 Å². The number of hydrogen-bond donors (Lipinski definition) is 3. The summed E-state index contributed by atoms with van der Waals surface area (Å²) >= 11 is 0. The van der Waals surface area contributed by atoms with Crippen molar-refractivity contribution >= 4 is 17.4 Å². The van der Waals surface area contributed by atoms with E-state index in [-0.39, 0.29) is 19.2 Å². The number of carbonyl (C=O) groups excluding carboxylic acids is 1. The van der Waals surface area contributed by atoms with Crippen LogP contribution in [0.5, 0.6) is 5.75 Å². The first kappa shape index (κ1) is 20.5. The number of methoxy groups -OCH3 is 1. The van der Waals surface area contributed by atoms with Gasteiger partial charge in [0.05, 0.1) is 37.8 Å². The summed E-state index contributed by atoms with van der Waals surface area (Å²) < 4.78 is 10.6. The predicted molar refractivity (Wildman–Crippen MR) is 106 cm³/mol. The summed E-state index contributed by atoms with van der Waals surface area (Å²) in [6.07, 6.45) is -0.793. The number of nitrogens with one attached hydrogen (secondary N) is 2. The average molecular weight is 373 g/mol. The maximum Gasteiger partial charge on any atom is 0.319 e. The quantitative estimate of drug-likeness (QED) is 0.629. The van der Waals surface area contributed by atoms with E-state index in [1.54, 1.807) is 7.11 Å². The minimum Gasteiger partial charge on any atom is -0.497 e. The predicted octanol–water partition coefficient (Wildman–Crippen LogP) is 2.46. The Labute approximate surface area is 159 Å². The van der Waals surface area contributed by atoms with Crippen molar-refractivity contribution < 1.29 is 19.4 Å². The number of aliphatic hydroxyl groups excluding tert-OH is 1. The van der Waals surface area contributed by atoms with Crippen LogP contribution in [0, 0.1) is 0 Å². The molecule has 3 N–H and O–H groups in total. The smallest absolute Gasteiger partial charge is 0.319 e. The molecule has 2 amide bonds. The number of amides is 2. The van der Waals surface area contributed by atoms with E-state index in [0.29, 0.717) is 12.3 Å². The van der Waals surface area contributed by atoms with E-state index >= 15 is 0 Å². The Hall–Kier alpha value is -2.77. The van der Waals surface area contributed by atoms with Gasteiger partial charge in [0.25, 0.3) is 0 Å². The zero-order chi connectivity index (χ0) is 19.6. The number of hydrogen-bond acceptors (Lipinski definition) is 5. The van der Waals surface area contributed by atoms with Gasteiger partial charge in [0.1, 0.15) is 5.75 Å². The molecule has 0 saturated carbocycles. The molecule has 2 aromatic rings. The Morgan fingerprint density at radius 1 is 1.15 bits per heavy atom. The maximum absolute atomic E-state index is 12.0. The Kier molecular flexibility index (Phi) is 7.91. The molecule has 0 aliphatic rings. The van der Waals surface area contributed by atoms with E-state index in [4.69, 9.17) is 9.47 Å². The number of nitrogens with zero attached hydrogens (tertiary/aromatic N) is 1. The van der Waals surface area contributed by atoms with E-state index in [2.05, 4.69) is 10.6 Å². The summed E-state index contributed by atoms with van der Waals surface area (Å²) in [6.45, 7) is 0.600. The second-order valence-corrected chi connectivity index (χ2v) is 6.26. The van der Waals surface area contributed by atoms with Crippen LogP contribution in [0.2, 0.25) is 0 Å². The van der Waals surface area contributed by atoms with Crippen molar-refractivity contribution in [3.05, 3.63) is 54.1 Å². The topological polar surface area (TPSA) is 83.1 Å². The van der Waals surface area contributed by atoms with E-state index in [9.17, 15) is 9.90 Å². The summed E-state index contributed by atoms with van der Waals surface area (Å²) in [7, 11) is 5.43. The number of anilines is 2. The molecule has 1 unspecified atom stereocenters. The van der Waals surface area contributed by atoms with Crippen LogP contribution in [0.3, 0.4) is 0 Å². The molecule has 0 aliphatic heterocycles. The highest BCUT2D eigenvalue weighted by molar-refractivity contribution is 5.93. The molecular weight excluding hydrogens is 346 g/mol. The standard InChI is InChI=1S/C20H27N3O4/c1-23(2)19-7-5-4-6-18(19)22-20(25)21-12-16(24)14-27-13-15-8-10-17(26-3)11-9-15/h4-11,16,24H,12-14H2,1-3H3,(H2,21,22,25). The Bertz CT molecular complexity index is 719. The summed E-state index contributed by atoms with van der Waals surface area (Å²) in [5.74, 6) is 0.782. The second kappa shape index (κ2) is 10.4. The Morgan fingerprint density at radius 2 is 1.85 bits per heavy atom. The van der Waals surface area contributed by atoms with Gasteiger partial charge in [-0.3, -0.25) is 0 Å². The molecule has 0 saturated heterocycles. The highest BCUT2D eigenvalue weighted by Crippen LogP contribution is 2.23. The first-order chi connectivity index (χ1) is 13.0. The van der Waals surface area contributed by atoms with Crippen LogP contribution in [-0.2, 0) is 11.3 Å². The molecule has 27 heavy (non-hydrogen) atoms. The van der Waals surface area contributed by atoms with Gasteiger partial charge < -0.3 is 30.1 Å². The highest BCUT2D eigenvalue weighted by atomic mass is 16.5. The molecule has 0 fully saturated rings. The summed E-state index contributed by atoms with van der Waals surface area (Å²) in [5, 5.41) is 15.4. The van der Waals surface area contributed by atoms with Crippen LogP contribution in [0.25, 0.3) is 0 Å². The molecule has 2 rings (SSSR count). The van der Waals surface area contributed by atoms with E-state index in [1.165, 1.54) is 0 Å². The number of urea groups is 1. The fourth-order valence-corrected chi connectivity index (χ4v) is 2.44. The van der Waals surface area contributed by atoms with Crippen LogP contribution >= 0.6 is 0 Å². The van der Waals surface area contributed by atoms with Crippen LogP contribution in [0.1, 0.15) is 5.56 Å². The van der Waals surface area contributed by atoms with Gasteiger partial charge in [-0.2, -0.15) is 0 Å². The van der Waals surface area contributed by atoms with Gasteiger partial charge in [-0.05, 0) is 29.8 Å². The molecule has 1 atom stereocenters. The largest absolute Gasteiger partial charge is 0.497 e. The van der Waals surface area contributed by atoms with Gasteiger partial charge in [0.15, 0.2) is 0 Å². The van der Waals surface area contributed by atoms with Gasteiger partial charge in [-0.15, -0.1) is 0 Å².